The van der Waals surface area contributed by atoms with E-state index in [0.29, 0.717) is 5.15 Å². The molecule has 1 aromatic heterocycles. The van der Waals surface area contributed by atoms with Crippen molar-refractivity contribution >= 4 is 17.3 Å². The number of nitrogens with one attached hydrogen (secondary N) is 1. The Bertz CT molecular complexity index is 572. The number of ether oxygens (including phenoxy) is 1. The smallest absolute Gasteiger partial charge is 0.131 e. The number of benzene rings is 1. The summed E-state index contributed by atoms with van der Waals surface area (Å²) in [6.45, 7) is 4.16. The Hall–Kier alpha value is -1.74. The van der Waals surface area contributed by atoms with Gasteiger partial charge in [-0.05, 0) is 32.0 Å². The highest BCUT2D eigenvalue weighted by Gasteiger charge is 2.11. The lowest BCUT2D eigenvalue weighted by atomic mass is 10.0. The standard InChI is InChI=1S/C15H17ClN2O/c1-10-4-5-14(19-3)13(8-10)11(2)18-12-6-7-17-15(16)9-12/h4-9,11H,1-3H3,(H,17,18). The highest BCUT2D eigenvalue weighted by Crippen LogP contribution is 2.29. The lowest BCUT2D eigenvalue weighted by Crippen LogP contribution is -2.08. The monoisotopic (exact) mass is 276 g/mol. The van der Waals surface area contributed by atoms with Crippen LogP contribution in [0.4, 0.5) is 5.69 Å². The third-order valence-corrected chi connectivity index (χ3v) is 3.17. The summed E-state index contributed by atoms with van der Waals surface area (Å²) in [6.07, 6.45) is 1.69. The predicted molar refractivity (Wildman–Crippen MR) is 79.0 cm³/mol. The van der Waals surface area contributed by atoms with E-state index in [1.807, 2.05) is 18.2 Å². The molecule has 2 rings (SSSR count). The second kappa shape index (κ2) is 5.93. The van der Waals surface area contributed by atoms with Gasteiger partial charge < -0.3 is 10.1 Å². The van der Waals surface area contributed by atoms with Crippen LogP contribution in [-0.2, 0) is 0 Å². The fourth-order valence-corrected chi connectivity index (χ4v) is 2.19. The van der Waals surface area contributed by atoms with Crippen molar-refractivity contribution in [3.8, 4) is 5.75 Å². The van der Waals surface area contributed by atoms with Crippen LogP contribution >= 0.6 is 11.6 Å². The van der Waals surface area contributed by atoms with E-state index in [0.717, 1.165) is 17.0 Å². The van der Waals surface area contributed by atoms with Gasteiger partial charge in [-0.25, -0.2) is 4.98 Å². The summed E-state index contributed by atoms with van der Waals surface area (Å²) in [7, 11) is 1.68. The SMILES string of the molecule is COc1ccc(C)cc1C(C)Nc1ccnc(Cl)c1. The highest BCUT2D eigenvalue weighted by atomic mass is 35.5. The minimum absolute atomic E-state index is 0.119. The zero-order valence-corrected chi connectivity index (χ0v) is 12.0. The van der Waals surface area contributed by atoms with Crippen molar-refractivity contribution in [2.24, 2.45) is 0 Å². The van der Waals surface area contributed by atoms with Crippen molar-refractivity contribution in [1.29, 1.82) is 0 Å². The van der Waals surface area contributed by atoms with Crippen LogP contribution in [0, 0.1) is 6.92 Å². The van der Waals surface area contributed by atoms with Crippen molar-refractivity contribution in [2.75, 3.05) is 12.4 Å². The van der Waals surface area contributed by atoms with Crippen LogP contribution in [0.1, 0.15) is 24.1 Å². The summed E-state index contributed by atoms with van der Waals surface area (Å²) in [4.78, 5) is 3.97. The number of rotatable bonds is 4. The molecule has 0 bridgehead atoms. The lowest BCUT2D eigenvalue weighted by Gasteiger charge is -2.19. The van der Waals surface area contributed by atoms with Gasteiger partial charge in [0.15, 0.2) is 0 Å². The largest absolute Gasteiger partial charge is 0.496 e. The van der Waals surface area contributed by atoms with Crippen molar-refractivity contribution in [1.82, 2.24) is 4.98 Å². The molecule has 4 heteroatoms. The maximum atomic E-state index is 5.88. The third kappa shape index (κ3) is 3.38. The molecule has 100 valence electrons. The van der Waals surface area contributed by atoms with Gasteiger partial charge in [0.25, 0.3) is 0 Å². The zero-order chi connectivity index (χ0) is 13.8. The Morgan fingerprint density at radius 2 is 2.05 bits per heavy atom. The van der Waals surface area contributed by atoms with Crippen molar-refractivity contribution in [2.45, 2.75) is 19.9 Å². The van der Waals surface area contributed by atoms with Gasteiger partial charge in [-0.15, -0.1) is 0 Å². The molecule has 1 heterocycles. The Labute approximate surface area is 118 Å². The minimum Gasteiger partial charge on any atom is -0.496 e. The van der Waals surface area contributed by atoms with Crippen LogP contribution < -0.4 is 10.1 Å². The molecule has 0 amide bonds. The maximum absolute atomic E-state index is 5.88. The van der Waals surface area contributed by atoms with Gasteiger partial charge in [-0.2, -0.15) is 0 Å². The van der Waals surface area contributed by atoms with Crippen LogP contribution in [0.2, 0.25) is 5.15 Å². The number of halogens is 1. The van der Waals surface area contributed by atoms with Gasteiger partial charge in [0, 0.05) is 17.4 Å². The number of anilines is 1. The van der Waals surface area contributed by atoms with Gasteiger partial charge in [0.1, 0.15) is 10.9 Å². The molecule has 0 aliphatic carbocycles. The highest BCUT2D eigenvalue weighted by molar-refractivity contribution is 6.29. The molecule has 19 heavy (non-hydrogen) atoms. The number of nitrogens with zero attached hydrogens (tertiary/aromatic N) is 1. The number of pyridine rings is 1. The maximum Gasteiger partial charge on any atom is 0.131 e. The summed E-state index contributed by atoms with van der Waals surface area (Å²) in [6, 6.07) is 9.97. The molecule has 2 aromatic rings. The van der Waals surface area contributed by atoms with E-state index in [9.17, 15) is 0 Å². The number of aromatic nitrogens is 1. The van der Waals surface area contributed by atoms with Gasteiger partial charge in [-0.3, -0.25) is 0 Å². The molecule has 1 N–H and O–H groups in total. The third-order valence-electron chi connectivity index (χ3n) is 2.96. The first-order chi connectivity index (χ1) is 9.10. The van der Waals surface area contributed by atoms with E-state index in [2.05, 4.69) is 30.2 Å². The van der Waals surface area contributed by atoms with Crippen molar-refractivity contribution in [3.63, 3.8) is 0 Å². The summed E-state index contributed by atoms with van der Waals surface area (Å²) in [5.41, 5.74) is 3.27. The second-order valence-electron chi connectivity index (χ2n) is 4.48. The van der Waals surface area contributed by atoms with Crippen LogP contribution in [-0.4, -0.2) is 12.1 Å². The molecular formula is C15H17ClN2O. The Morgan fingerprint density at radius 3 is 2.74 bits per heavy atom. The molecule has 0 aliphatic heterocycles. The lowest BCUT2D eigenvalue weighted by molar-refractivity contribution is 0.408. The van der Waals surface area contributed by atoms with Crippen molar-refractivity contribution in [3.05, 3.63) is 52.8 Å². The Kier molecular flexibility index (Phi) is 4.27. The average molecular weight is 277 g/mol. The summed E-state index contributed by atoms with van der Waals surface area (Å²) in [5, 5.41) is 3.88. The minimum atomic E-state index is 0.119. The normalized spacial score (nSPS) is 12.0. The van der Waals surface area contributed by atoms with Gasteiger partial charge in [0.2, 0.25) is 0 Å². The zero-order valence-electron chi connectivity index (χ0n) is 11.3. The van der Waals surface area contributed by atoms with Crippen molar-refractivity contribution < 1.29 is 4.74 Å². The topological polar surface area (TPSA) is 34.1 Å². The molecule has 0 saturated carbocycles. The molecule has 0 aliphatic rings. The van der Waals surface area contributed by atoms with Crippen LogP contribution in [0.3, 0.4) is 0 Å². The first-order valence-electron chi connectivity index (χ1n) is 6.13. The van der Waals surface area contributed by atoms with E-state index < -0.39 is 0 Å². The molecular weight excluding hydrogens is 260 g/mol. The Balaban J connectivity index is 2.24. The first-order valence-corrected chi connectivity index (χ1v) is 6.50. The number of hydrogen-bond donors (Lipinski definition) is 1. The number of methoxy groups -OCH3 is 1. The average Bonchev–Trinajstić information content (AvgIpc) is 2.38. The summed E-state index contributed by atoms with van der Waals surface area (Å²) >= 11 is 5.88. The molecule has 0 spiro atoms. The van der Waals surface area contributed by atoms with Gasteiger partial charge in [-0.1, -0.05) is 29.3 Å². The molecule has 0 fully saturated rings. The summed E-state index contributed by atoms with van der Waals surface area (Å²) < 4.78 is 5.40. The van der Waals surface area contributed by atoms with E-state index >= 15 is 0 Å². The van der Waals surface area contributed by atoms with Crippen LogP contribution in [0.15, 0.2) is 36.5 Å². The van der Waals surface area contributed by atoms with E-state index in [4.69, 9.17) is 16.3 Å². The number of hydrogen-bond acceptors (Lipinski definition) is 3. The first kappa shape index (κ1) is 13.7. The molecule has 3 nitrogen and oxygen atoms in total. The molecule has 1 atom stereocenters. The number of aryl methyl sites for hydroxylation is 1. The predicted octanol–water partition coefficient (Wildman–Crippen LogP) is 4.23. The molecule has 0 saturated heterocycles. The quantitative estimate of drug-likeness (QED) is 0.849. The molecule has 1 unspecified atom stereocenters. The van der Waals surface area contributed by atoms with E-state index in [1.165, 1.54) is 5.56 Å². The fourth-order valence-electron chi connectivity index (χ4n) is 2.01. The van der Waals surface area contributed by atoms with Crippen LogP contribution in [0.5, 0.6) is 5.75 Å². The summed E-state index contributed by atoms with van der Waals surface area (Å²) in [5.74, 6) is 0.880. The second-order valence-corrected chi connectivity index (χ2v) is 4.87. The van der Waals surface area contributed by atoms with Crippen LogP contribution in [0.25, 0.3) is 0 Å². The fraction of sp³-hybridized carbons (Fsp3) is 0.267. The van der Waals surface area contributed by atoms with Gasteiger partial charge >= 0.3 is 0 Å². The molecule has 1 aromatic carbocycles. The molecule has 0 radical (unpaired) electrons. The van der Waals surface area contributed by atoms with E-state index in [1.54, 1.807) is 19.4 Å². The Morgan fingerprint density at radius 1 is 1.26 bits per heavy atom. The van der Waals surface area contributed by atoms with Gasteiger partial charge in [0.05, 0.1) is 13.2 Å². The van der Waals surface area contributed by atoms with E-state index in [-0.39, 0.29) is 6.04 Å².